The van der Waals surface area contributed by atoms with Crippen LogP contribution in [0.15, 0.2) is 0 Å². The van der Waals surface area contributed by atoms with Crippen LogP contribution in [-0.2, 0) is 4.79 Å². The molecule has 3 nitrogen and oxygen atoms in total. The second kappa shape index (κ2) is 6.55. The summed E-state index contributed by atoms with van der Waals surface area (Å²) in [5, 5.41) is 3.38. The van der Waals surface area contributed by atoms with Gasteiger partial charge in [-0.15, -0.1) is 0 Å². The molecule has 3 heteroatoms. The number of hydrogen-bond donors (Lipinski definition) is 1. The van der Waals surface area contributed by atoms with E-state index in [0.29, 0.717) is 17.9 Å². The Kier molecular flexibility index (Phi) is 5.04. The van der Waals surface area contributed by atoms with Crippen LogP contribution in [0.4, 0.5) is 0 Å². The minimum Gasteiger partial charge on any atom is -0.339 e. The molecule has 0 aromatic carbocycles. The zero-order chi connectivity index (χ0) is 13.0. The molecule has 2 fully saturated rings. The lowest BCUT2D eigenvalue weighted by Gasteiger charge is -2.27. The standard InChI is InChI=1S/C15H28N2O/c1-12(2)11-17(14-4-5-14)15(18)6-3-13-7-9-16-10-8-13/h12-14,16H,3-11H2,1-2H3. The highest BCUT2D eigenvalue weighted by atomic mass is 16.2. The van der Waals surface area contributed by atoms with Gasteiger partial charge in [0.25, 0.3) is 0 Å². The van der Waals surface area contributed by atoms with Crippen molar-refractivity contribution in [2.45, 2.75) is 58.4 Å². The van der Waals surface area contributed by atoms with Crippen molar-refractivity contribution in [2.24, 2.45) is 11.8 Å². The molecule has 18 heavy (non-hydrogen) atoms. The second-order valence-corrected chi connectivity index (χ2v) is 6.40. The number of nitrogens with zero attached hydrogens (tertiary/aromatic N) is 1. The Bertz CT molecular complexity index is 268. The van der Waals surface area contributed by atoms with E-state index in [0.717, 1.165) is 38.4 Å². The monoisotopic (exact) mass is 252 g/mol. The summed E-state index contributed by atoms with van der Waals surface area (Å²) in [6, 6.07) is 0.577. The van der Waals surface area contributed by atoms with Crippen LogP contribution in [0.2, 0.25) is 0 Å². The fraction of sp³-hybridized carbons (Fsp3) is 0.933. The van der Waals surface area contributed by atoms with E-state index in [1.165, 1.54) is 25.7 Å². The highest BCUT2D eigenvalue weighted by Crippen LogP contribution is 2.29. The van der Waals surface area contributed by atoms with Gasteiger partial charge < -0.3 is 10.2 Å². The second-order valence-electron chi connectivity index (χ2n) is 6.40. The summed E-state index contributed by atoms with van der Waals surface area (Å²) >= 11 is 0. The topological polar surface area (TPSA) is 32.3 Å². The van der Waals surface area contributed by atoms with E-state index in [9.17, 15) is 4.79 Å². The van der Waals surface area contributed by atoms with Gasteiger partial charge in [-0.2, -0.15) is 0 Å². The van der Waals surface area contributed by atoms with Gasteiger partial charge in [-0.05, 0) is 57.0 Å². The van der Waals surface area contributed by atoms with Crippen LogP contribution in [0.3, 0.4) is 0 Å². The Morgan fingerprint density at radius 1 is 1.22 bits per heavy atom. The molecule has 2 aliphatic rings. The third-order valence-electron chi connectivity index (χ3n) is 4.10. The predicted molar refractivity (Wildman–Crippen MR) is 74.4 cm³/mol. The van der Waals surface area contributed by atoms with E-state index < -0.39 is 0 Å². The molecule has 1 saturated carbocycles. The van der Waals surface area contributed by atoms with Crippen LogP contribution in [0.5, 0.6) is 0 Å². The van der Waals surface area contributed by atoms with Gasteiger partial charge in [0.1, 0.15) is 0 Å². The van der Waals surface area contributed by atoms with Crippen molar-refractivity contribution in [3.63, 3.8) is 0 Å². The molecule has 1 amide bonds. The first-order valence-corrected chi connectivity index (χ1v) is 7.67. The number of nitrogens with one attached hydrogen (secondary N) is 1. The molecule has 0 atom stereocenters. The molecular weight excluding hydrogens is 224 g/mol. The number of amides is 1. The highest BCUT2D eigenvalue weighted by Gasteiger charge is 2.32. The Hall–Kier alpha value is -0.570. The highest BCUT2D eigenvalue weighted by molar-refractivity contribution is 5.76. The van der Waals surface area contributed by atoms with Crippen molar-refractivity contribution in [3.05, 3.63) is 0 Å². The van der Waals surface area contributed by atoms with Crippen LogP contribution < -0.4 is 5.32 Å². The molecule has 0 spiro atoms. The summed E-state index contributed by atoms with van der Waals surface area (Å²) in [6.45, 7) is 7.63. The van der Waals surface area contributed by atoms with Crippen molar-refractivity contribution < 1.29 is 4.79 Å². The van der Waals surface area contributed by atoms with Gasteiger partial charge in [0.2, 0.25) is 5.91 Å². The molecule has 0 bridgehead atoms. The molecule has 0 radical (unpaired) electrons. The molecule has 0 aromatic heterocycles. The van der Waals surface area contributed by atoms with Gasteiger partial charge in [0, 0.05) is 19.0 Å². The molecule has 2 rings (SSSR count). The number of hydrogen-bond acceptors (Lipinski definition) is 2. The molecule has 0 aromatic rings. The smallest absolute Gasteiger partial charge is 0.222 e. The van der Waals surface area contributed by atoms with E-state index in [-0.39, 0.29) is 0 Å². The van der Waals surface area contributed by atoms with Crippen molar-refractivity contribution in [1.82, 2.24) is 10.2 Å². The zero-order valence-electron chi connectivity index (χ0n) is 12.0. The molecular formula is C15H28N2O. The molecule has 0 unspecified atom stereocenters. The Morgan fingerprint density at radius 3 is 2.44 bits per heavy atom. The van der Waals surface area contributed by atoms with E-state index in [4.69, 9.17) is 0 Å². The van der Waals surface area contributed by atoms with Gasteiger partial charge in [-0.25, -0.2) is 0 Å². The molecule has 1 saturated heterocycles. The SMILES string of the molecule is CC(C)CN(C(=O)CCC1CCNCC1)C1CC1. The number of carbonyl (C=O) groups excluding carboxylic acids is 1. The zero-order valence-corrected chi connectivity index (χ0v) is 12.0. The average Bonchev–Trinajstić information content (AvgIpc) is 3.18. The number of carbonyl (C=O) groups is 1. The van der Waals surface area contributed by atoms with E-state index in [1.54, 1.807) is 0 Å². The molecule has 1 aliphatic carbocycles. The quantitative estimate of drug-likeness (QED) is 0.787. The van der Waals surface area contributed by atoms with Crippen LogP contribution in [-0.4, -0.2) is 36.5 Å². The molecule has 1 aliphatic heterocycles. The van der Waals surface area contributed by atoms with Crippen LogP contribution in [0.1, 0.15) is 52.4 Å². The minimum atomic E-state index is 0.407. The lowest BCUT2D eigenvalue weighted by atomic mass is 9.93. The summed E-state index contributed by atoms with van der Waals surface area (Å²) in [5.41, 5.74) is 0. The van der Waals surface area contributed by atoms with Gasteiger partial charge in [-0.3, -0.25) is 4.79 Å². The van der Waals surface area contributed by atoms with E-state index >= 15 is 0 Å². The average molecular weight is 252 g/mol. The fourth-order valence-electron chi connectivity index (χ4n) is 2.88. The maximum atomic E-state index is 12.3. The van der Waals surface area contributed by atoms with Crippen molar-refractivity contribution >= 4 is 5.91 Å². The summed E-state index contributed by atoms with van der Waals surface area (Å²) in [4.78, 5) is 14.5. The molecule has 104 valence electrons. The first-order chi connectivity index (χ1) is 8.66. The van der Waals surface area contributed by atoms with E-state index in [1.807, 2.05) is 0 Å². The summed E-state index contributed by atoms with van der Waals surface area (Å²) < 4.78 is 0. The normalized spacial score (nSPS) is 21.3. The first-order valence-electron chi connectivity index (χ1n) is 7.67. The molecule has 1 heterocycles. The van der Waals surface area contributed by atoms with Gasteiger partial charge in [0.05, 0.1) is 0 Å². The summed E-state index contributed by atoms with van der Waals surface area (Å²) in [7, 11) is 0. The summed E-state index contributed by atoms with van der Waals surface area (Å²) in [5.74, 6) is 1.77. The predicted octanol–water partition coefficient (Wildman–Crippen LogP) is 2.41. The Morgan fingerprint density at radius 2 is 1.89 bits per heavy atom. The third-order valence-corrected chi connectivity index (χ3v) is 4.10. The van der Waals surface area contributed by atoms with Crippen LogP contribution in [0.25, 0.3) is 0 Å². The van der Waals surface area contributed by atoms with Crippen LogP contribution in [0, 0.1) is 11.8 Å². The van der Waals surface area contributed by atoms with E-state index in [2.05, 4.69) is 24.1 Å². The Balaban J connectivity index is 1.74. The Labute approximate surface area is 111 Å². The maximum Gasteiger partial charge on any atom is 0.222 e. The lowest BCUT2D eigenvalue weighted by Crippen LogP contribution is -2.36. The molecule has 1 N–H and O–H groups in total. The first kappa shape index (κ1) is 13.9. The van der Waals surface area contributed by atoms with Crippen molar-refractivity contribution in [2.75, 3.05) is 19.6 Å². The summed E-state index contributed by atoms with van der Waals surface area (Å²) in [6.07, 6.45) is 6.83. The number of rotatable bonds is 6. The maximum absolute atomic E-state index is 12.3. The van der Waals surface area contributed by atoms with Crippen molar-refractivity contribution in [3.8, 4) is 0 Å². The lowest BCUT2D eigenvalue weighted by molar-refractivity contribution is -0.132. The van der Waals surface area contributed by atoms with Crippen molar-refractivity contribution in [1.29, 1.82) is 0 Å². The van der Waals surface area contributed by atoms with Gasteiger partial charge >= 0.3 is 0 Å². The fourth-order valence-corrected chi connectivity index (χ4v) is 2.88. The van der Waals surface area contributed by atoms with Crippen LogP contribution >= 0.6 is 0 Å². The van der Waals surface area contributed by atoms with Gasteiger partial charge in [-0.1, -0.05) is 13.8 Å². The third kappa shape index (κ3) is 4.27. The van der Waals surface area contributed by atoms with Gasteiger partial charge in [0.15, 0.2) is 0 Å². The largest absolute Gasteiger partial charge is 0.339 e. The number of piperidine rings is 1. The minimum absolute atomic E-state index is 0.407.